The molecule has 8 aromatic rings. The molecular weight excluding hydrogens is 1250 g/mol. The van der Waals surface area contributed by atoms with E-state index in [9.17, 15) is 33.7 Å². The van der Waals surface area contributed by atoms with E-state index in [-0.39, 0.29) is 41.9 Å². The van der Waals surface area contributed by atoms with E-state index in [1.165, 1.54) is 48.5 Å². The van der Waals surface area contributed by atoms with Gasteiger partial charge in [0.05, 0.1) is 70.9 Å². The average Bonchev–Trinajstić information content (AvgIpc) is 0.878. The second kappa shape index (κ2) is 34.6. The summed E-state index contributed by atoms with van der Waals surface area (Å²) < 4.78 is 128. The van der Waals surface area contributed by atoms with E-state index in [2.05, 4.69) is 25.4 Å². The van der Waals surface area contributed by atoms with Crippen LogP contribution >= 0.6 is 0 Å². The third-order valence-electron chi connectivity index (χ3n) is 10.4. The highest BCUT2D eigenvalue weighted by Gasteiger charge is 2.27. The summed E-state index contributed by atoms with van der Waals surface area (Å²) in [4.78, 5) is 6.33. The molecule has 24 heteroatoms. The molecule has 0 bridgehead atoms. The zero-order valence-corrected chi connectivity index (χ0v) is 55.4. The fraction of sp³-hybridized carbons (Fsp3) is 0.309. The van der Waals surface area contributed by atoms with Crippen molar-refractivity contribution in [3.8, 4) is 23.0 Å². The molecule has 0 radical (unpaired) electrons. The Bertz CT molecular complexity index is 3900. The Morgan fingerprint density at radius 3 is 0.848 bits per heavy atom. The highest BCUT2D eigenvalue weighted by molar-refractivity contribution is 7.87. The average molecular weight is 1340 g/mol. The number of azo groups is 2. The van der Waals surface area contributed by atoms with Crippen molar-refractivity contribution in [1.82, 2.24) is 4.98 Å². The third kappa shape index (κ3) is 29.0. The molecule has 1 aromatic heterocycles. The van der Waals surface area contributed by atoms with Gasteiger partial charge in [0.15, 0.2) is 0 Å². The van der Waals surface area contributed by atoms with E-state index in [1.54, 1.807) is 156 Å². The lowest BCUT2D eigenvalue weighted by Gasteiger charge is -2.18. The summed E-state index contributed by atoms with van der Waals surface area (Å²) >= 11 is 0. The van der Waals surface area contributed by atoms with Crippen LogP contribution < -0.4 is 14.4 Å². The van der Waals surface area contributed by atoms with Crippen LogP contribution in [0.3, 0.4) is 0 Å². The minimum atomic E-state index is -3.79. The maximum absolute atomic E-state index is 12.1. The normalized spacial score (nSPS) is 12.0. The third-order valence-corrected chi connectivity index (χ3v) is 16.7. The number of hydrogen-bond acceptors (Lipinski definition) is 20. The molecular formula is C68H88N6O14S4. The lowest BCUT2D eigenvalue weighted by atomic mass is 10.2. The lowest BCUT2D eigenvalue weighted by Crippen LogP contribution is -2.24. The number of ether oxygens (including phenoxy) is 2. The van der Waals surface area contributed by atoms with Crippen molar-refractivity contribution in [2.75, 3.05) is 19.0 Å². The number of nitrogens with zero attached hydrogens (tertiary/aromatic N) is 6. The molecule has 0 aliphatic carbocycles. The SMILES string of the molecule is C.C.C.CC(C)(C)OS(=O)(=O)c1ccc(N=Nc2ccccc2)cc1.CC(C)(C)OS(=O)(=O)c1ccc(Oc2ccccc2)cc1.CC(C)(C)OS(=O)(=O)c1ccc(Oc2cccnc2)cc1.CN(C)c1ccc(N=Nc2ccc(S(=O)(=O)OC(C)(C)C)cc2)cc1. The molecule has 0 aliphatic rings. The number of para-hydroxylation sites is 1. The molecule has 0 saturated heterocycles. The van der Waals surface area contributed by atoms with Gasteiger partial charge in [-0.1, -0.05) is 58.7 Å². The van der Waals surface area contributed by atoms with E-state index in [0.29, 0.717) is 34.4 Å². The number of anilines is 1. The van der Waals surface area contributed by atoms with Crippen LogP contribution in [0.15, 0.2) is 247 Å². The summed E-state index contributed by atoms with van der Waals surface area (Å²) in [6, 6.07) is 54.2. The molecule has 92 heavy (non-hydrogen) atoms. The first-order valence-electron chi connectivity index (χ1n) is 27.6. The van der Waals surface area contributed by atoms with Crippen LogP contribution in [-0.2, 0) is 57.2 Å². The van der Waals surface area contributed by atoms with Crippen molar-refractivity contribution in [3.63, 3.8) is 0 Å². The quantitative estimate of drug-likeness (QED) is 0.0606. The minimum absolute atomic E-state index is 0. The fourth-order valence-corrected chi connectivity index (χ4v) is 11.8. The number of aromatic nitrogens is 1. The second-order valence-electron chi connectivity index (χ2n) is 23.4. The zero-order valence-electron chi connectivity index (χ0n) is 52.2. The molecule has 8 rings (SSSR count). The topological polar surface area (TPSA) is 258 Å². The summed E-state index contributed by atoms with van der Waals surface area (Å²) in [6.45, 7) is 20.3. The van der Waals surface area contributed by atoms with Gasteiger partial charge in [-0.25, -0.2) is 0 Å². The standard InChI is InChI=1S/C18H23N3O3S.C16H18N2O3S.C16H18O4S.C15H17NO4S.3CH4/c1-18(2,3)24-25(22,23)17-12-8-15(9-13-17)20-19-14-6-10-16(11-7-14)21(4)5;1-16(2,3)21-22(19,20)15-11-9-14(10-12-15)18-17-13-7-5-4-6-8-13;1-16(2,3)20-21(17,18)15-11-9-14(10-12-15)19-13-7-5-4-6-8-13;1-15(2,3)20-21(17,18)14-8-6-12(7-9-14)19-13-5-4-10-16-11-13;;;/h6-13H,1-5H3;4-12H,1-3H3;4-12H,1-3H3;4-11H,1-3H3;3*1H4. The van der Waals surface area contributed by atoms with Gasteiger partial charge in [-0.05, 0) is 241 Å². The van der Waals surface area contributed by atoms with E-state index in [0.717, 1.165) is 17.1 Å². The Labute approximate surface area is 546 Å². The molecule has 0 spiro atoms. The molecule has 0 fully saturated rings. The molecule has 1 heterocycles. The Morgan fingerprint density at radius 1 is 0.315 bits per heavy atom. The Hall–Kier alpha value is -8.07. The second-order valence-corrected chi connectivity index (χ2v) is 29.6. The molecule has 0 amide bonds. The van der Waals surface area contributed by atoms with E-state index >= 15 is 0 Å². The number of rotatable bonds is 17. The van der Waals surface area contributed by atoms with Gasteiger partial charge in [-0.3, -0.25) is 21.7 Å². The predicted molar refractivity (Wildman–Crippen MR) is 364 cm³/mol. The van der Waals surface area contributed by atoms with Gasteiger partial charge in [0.1, 0.15) is 23.0 Å². The fourth-order valence-electron chi connectivity index (χ4n) is 6.93. The number of pyridine rings is 1. The van der Waals surface area contributed by atoms with E-state index in [1.807, 2.05) is 104 Å². The van der Waals surface area contributed by atoms with Crippen molar-refractivity contribution in [2.45, 2.75) is 147 Å². The molecule has 498 valence electrons. The molecule has 0 N–H and O–H groups in total. The van der Waals surface area contributed by atoms with Gasteiger partial charge in [0.25, 0.3) is 40.5 Å². The maximum atomic E-state index is 12.1. The van der Waals surface area contributed by atoms with Crippen molar-refractivity contribution in [2.24, 2.45) is 20.5 Å². The first-order chi connectivity index (χ1) is 41.4. The summed E-state index contributed by atoms with van der Waals surface area (Å²) in [5.74, 6) is 2.37. The van der Waals surface area contributed by atoms with Crippen LogP contribution in [0.2, 0.25) is 0 Å². The van der Waals surface area contributed by atoms with Gasteiger partial charge in [-0.15, -0.1) is 0 Å². The first-order valence-corrected chi connectivity index (χ1v) is 33.2. The molecule has 0 saturated carbocycles. The van der Waals surface area contributed by atoms with Crippen molar-refractivity contribution >= 4 is 68.9 Å². The van der Waals surface area contributed by atoms with Gasteiger partial charge < -0.3 is 14.4 Å². The zero-order chi connectivity index (χ0) is 65.9. The van der Waals surface area contributed by atoms with Gasteiger partial charge in [0.2, 0.25) is 0 Å². The summed E-state index contributed by atoms with van der Waals surface area (Å²) in [5.41, 5.74) is 0.563. The number of hydrogen-bond donors (Lipinski definition) is 0. The van der Waals surface area contributed by atoms with Crippen LogP contribution in [0.5, 0.6) is 23.0 Å². The largest absolute Gasteiger partial charge is 0.457 e. The van der Waals surface area contributed by atoms with Gasteiger partial charge >= 0.3 is 0 Å². The number of benzene rings is 7. The predicted octanol–water partition coefficient (Wildman–Crippen LogP) is 18.5. The maximum Gasteiger partial charge on any atom is 0.297 e. The Morgan fingerprint density at radius 2 is 0.565 bits per heavy atom. The molecule has 20 nitrogen and oxygen atoms in total. The lowest BCUT2D eigenvalue weighted by molar-refractivity contribution is 0.138. The first kappa shape index (κ1) is 80.0. The van der Waals surface area contributed by atoms with Crippen LogP contribution in [-0.4, -0.2) is 75.2 Å². The highest BCUT2D eigenvalue weighted by atomic mass is 32.2. The molecule has 0 aliphatic heterocycles. The van der Waals surface area contributed by atoms with Crippen LogP contribution in [0.25, 0.3) is 0 Å². The van der Waals surface area contributed by atoms with E-state index in [4.69, 9.17) is 26.2 Å². The summed E-state index contributed by atoms with van der Waals surface area (Å²) in [5, 5.41) is 16.4. The van der Waals surface area contributed by atoms with Crippen LogP contribution in [0.1, 0.15) is 105 Å². The monoisotopic (exact) mass is 1340 g/mol. The Balaban J connectivity index is 0.000000414. The molecule has 0 unspecified atom stereocenters. The smallest absolute Gasteiger partial charge is 0.297 e. The van der Waals surface area contributed by atoms with Crippen molar-refractivity contribution < 1.29 is 59.9 Å². The summed E-state index contributed by atoms with van der Waals surface area (Å²) in [7, 11) is -11.2. The van der Waals surface area contributed by atoms with Crippen molar-refractivity contribution in [1.29, 1.82) is 0 Å². The van der Waals surface area contributed by atoms with Crippen LogP contribution in [0.4, 0.5) is 28.4 Å². The van der Waals surface area contributed by atoms with Gasteiger partial charge in [-0.2, -0.15) is 54.1 Å². The molecule has 7 aromatic carbocycles. The Kier molecular flexibility index (Phi) is 30.1. The van der Waals surface area contributed by atoms with Crippen LogP contribution in [0, 0.1) is 0 Å². The minimum Gasteiger partial charge on any atom is -0.457 e. The molecule has 0 atom stereocenters. The van der Waals surface area contributed by atoms with Gasteiger partial charge in [0, 0.05) is 26.0 Å². The highest BCUT2D eigenvalue weighted by Crippen LogP contribution is 2.30. The van der Waals surface area contributed by atoms with Crippen molar-refractivity contribution in [3.05, 3.63) is 207 Å². The summed E-state index contributed by atoms with van der Waals surface area (Å²) in [6.07, 6.45) is 3.22. The van der Waals surface area contributed by atoms with E-state index < -0.39 is 62.9 Å².